The van der Waals surface area contributed by atoms with Crippen molar-refractivity contribution in [3.05, 3.63) is 158 Å². The molecule has 216 valence electrons. The van der Waals surface area contributed by atoms with Crippen LogP contribution in [0.4, 0.5) is 0 Å². The molecule has 1 heterocycles. The monoisotopic (exact) mass is 599 g/mol. The van der Waals surface area contributed by atoms with Crippen LogP contribution in [0.15, 0.2) is 158 Å². The maximum absolute atomic E-state index is 9.12. The maximum atomic E-state index is 9.12. The standard InChI is InChI=1S/C46H26O/c1-2-11-28(12-3-1)42-33-17-6-7-18-34(33)43(46-36-21-9-15-27-14-8-20-35(41(27)36)45(42)46)30-23-24-39-37(26-30)38-25-29-13-4-5-16-31(29)32-19-10-22-40(47-39)44(32)38/h1-26H/i1D,2D,3D,11D,12D. The number of ether oxygens (including phenoxy) is 1. The van der Waals surface area contributed by atoms with E-state index in [9.17, 15) is 0 Å². The Bertz CT molecular complexity index is 3070. The molecule has 0 atom stereocenters. The van der Waals surface area contributed by atoms with Crippen LogP contribution in [0.3, 0.4) is 0 Å². The van der Waals surface area contributed by atoms with Gasteiger partial charge in [-0.15, -0.1) is 0 Å². The average Bonchev–Trinajstić information content (AvgIpc) is 3.51. The van der Waals surface area contributed by atoms with Crippen molar-refractivity contribution in [1.82, 2.24) is 0 Å². The molecule has 0 spiro atoms. The summed E-state index contributed by atoms with van der Waals surface area (Å²) in [6.45, 7) is 0. The maximum Gasteiger partial charge on any atom is 0.135 e. The van der Waals surface area contributed by atoms with E-state index in [1.165, 1.54) is 5.39 Å². The molecule has 0 fully saturated rings. The predicted octanol–water partition coefficient (Wildman–Crippen LogP) is 13.1. The average molecular weight is 600 g/mol. The fraction of sp³-hybridized carbons (Fsp3) is 0. The van der Waals surface area contributed by atoms with Crippen LogP contribution in [0.2, 0.25) is 0 Å². The molecule has 1 heteroatoms. The van der Waals surface area contributed by atoms with Gasteiger partial charge in [-0.2, -0.15) is 0 Å². The van der Waals surface area contributed by atoms with Gasteiger partial charge < -0.3 is 4.74 Å². The van der Waals surface area contributed by atoms with Crippen LogP contribution in [0.25, 0.3) is 98.7 Å². The highest BCUT2D eigenvalue weighted by Crippen LogP contribution is 2.58. The zero-order valence-corrected chi connectivity index (χ0v) is 25.0. The fourth-order valence-electron chi connectivity index (χ4n) is 8.20. The molecule has 2 aliphatic rings. The summed E-state index contributed by atoms with van der Waals surface area (Å²) in [5, 5.41) is 8.54. The van der Waals surface area contributed by atoms with Crippen LogP contribution in [0.5, 0.6) is 11.5 Å². The first-order valence-corrected chi connectivity index (χ1v) is 15.9. The van der Waals surface area contributed by atoms with Gasteiger partial charge in [0.2, 0.25) is 0 Å². The van der Waals surface area contributed by atoms with Gasteiger partial charge in [0, 0.05) is 10.9 Å². The highest BCUT2D eigenvalue weighted by atomic mass is 16.5. The van der Waals surface area contributed by atoms with Gasteiger partial charge in [-0.1, -0.05) is 133 Å². The van der Waals surface area contributed by atoms with Crippen molar-refractivity contribution in [2.75, 3.05) is 0 Å². The van der Waals surface area contributed by atoms with Crippen molar-refractivity contribution in [3.8, 4) is 67.1 Å². The minimum Gasteiger partial charge on any atom is -0.456 e. The summed E-state index contributed by atoms with van der Waals surface area (Å²) in [7, 11) is 0. The molecule has 9 aromatic rings. The van der Waals surface area contributed by atoms with Gasteiger partial charge in [-0.25, -0.2) is 0 Å². The van der Waals surface area contributed by atoms with Crippen molar-refractivity contribution < 1.29 is 11.6 Å². The molecule has 1 aliphatic carbocycles. The van der Waals surface area contributed by atoms with Crippen LogP contribution < -0.4 is 4.74 Å². The van der Waals surface area contributed by atoms with Gasteiger partial charge in [0.1, 0.15) is 11.5 Å². The topological polar surface area (TPSA) is 9.23 Å². The Balaban J connectivity index is 1.29. The van der Waals surface area contributed by atoms with Crippen molar-refractivity contribution >= 4 is 43.1 Å². The minimum absolute atomic E-state index is 0.209. The largest absolute Gasteiger partial charge is 0.456 e. The smallest absolute Gasteiger partial charge is 0.135 e. The molecule has 0 saturated heterocycles. The Kier molecular flexibility index (Phi) is 4.06. The number of benzene rings is 9. The second-order valence-corrected chi connectivity index (χ2v) is 12.4. The van der Waals surface area contributed by atoms with E-state index in [1.54, 1.807) is 0 Å². The first kappa shape index (κ1) is 20.8. The SMILES string of the molecule is [2H]c1c([2H])c([2H])c(-c2c3c(c(-c4ccc5c(c4)-c4cc6ccccc6c6cccc(c46)O5)c4ccccc24)-c2cccc4cccc-3c24)c([2H])c1[2H]. The molecule has 0 unspecified atom stereocenters. The molecule has 1 aliphatic heterocycles. The third-order valence-corrected chi connectivity index (χ3v) is 10.0. The zero-order valence-electron chi connectivity index (χ0n) is 30.0. The molecule has 0 radical (unpaired) electrons. The normalized spacial score (nSPS) is 13.9. The van der Waals surface area contributed by atoms with Gasteiger partial charge >= 0.3 is 0 Å². The second-order valence-electron chi connectivity index (χ2n) is 12.4. The summed E-state index contributed by atoms with van der Waals surface area (Å²) in [5.74, 6) is 1.64. The Morgan fingerprint density at radius 2 is 1.02 bits per heavy atom. The summed E-state index contributed by atoms with van der Waals surface area (Å²) in [5.41, 5.74) is 8.96. The van der Waals surface area contributed by atoms with Gasteiger partial charge in [0.15, 0.2) is 0 Å². The van der Waals surface area contributed by atoms with Gasteiger partial charge in [0.25, 0.3) is 0 Å². The highest BCUT2D eigenvalue weighted by Gasteiger charge is 2.31. The van der Waals surface area contributed by atoms with Gasteiger partial charge in [0.05, 0.1) is 6.85 Å². The Morgan fingerprint density at radius 1 is 0.383 bits per heavy atom. The van der Waals surface area contributed by atoms with E-state index in [0.29, 0.717) is 5.56 Å². The van der Waals surface area contributed by atoms with E-state index in [-0.39, 0.29) is 29.7 Å². The van der Waals surface area contributed by atoms with Crippen molar-refractivity contribution in [3.63, 3.8) is 0 Å². The lowest BCUT2D eigenvalue weighted by Gasteiger charge is -2.24. The van der Waals surface area contributed by atoms with Crippen LogP contribution in [-0.2, 0) is 0 Å². The quantitative estimate of drug-likeness (QED) is 0.180. The first-order chi connectivity index (χ1) is 25.4. The number of hydrogen-bond donors (Lipinski definition) is 0. The molecule has 9 aromatic carbocycles. The van der Waals surface area contributed by atoms with E-state index < -0.39 is 6.04 Å². The minimum atomic E-state index is -0.401. The molecular formula is C46H26O. The van der Waals surface area contributed by atoms with Crippen molar-refractivity contribution in [2.45, 2.75) is 0 Å². The number of rotatable bonds is 2. The van der Waals surface area contributed by atoms with Gasteiger partial charge in [-0.05, 0) is 112 Å². The summed E-state index contributed by atoms with van der Waals surface area (Å²) in [6.07, 6.45) is 0. The molecule has 0 bridgehead atoms. The molecule has 0 amide bonds. The third-order valence-electron chi connectivity index (χ3n) is 10.0. The van der Waals surface area contributed by atoms with Crippen LogP contribution >= 0.6 is 0 Å². The predicted molar refractivity (Wildman–Crippen MR) is 197 cm³/mol. The van der Waals surface area contributed by atoms with E-state index in [2.05, 4.69) is 97.1 Å². The molecule has 0 aromatic heterocycles. The molecule has 11 rings (SSSR count). The lowest BCUT2D eigenvalue weighted by molar-refractivity contribution is 0.487. The highest BCUT2D eigenvalue weighted by molar-refractivity contribution is 6.28. The van der Waals surface area contributed by atoms with Crippen LogP contribution in [0.1, 0.15) is 6.85 Å². The summed E-state index contributed by atoms with van der Waals surface area (Å²) < 4.78 is 50.5. The lowest BCUT2D eigenvalue weighted by atomic mass is 9.81. The molecule has 0 saturated carbocycles. The summed E-state index contributed by atoms with van der Waals surface area (Å²) >= 11 is 0. The summed E-state index contributed by atoms with van der Waals surface area (Å²) in [6, 6.07) is 42.6. The van der Waals surface area contributed by atoms with Crippen LogP contribution in [0, 0.1) is 0 Å². The Hall–Kier alpha value is -6.18. The van der Waals surface area contributed by atoms with E-state index >= 15 is 0 Å². The van der Waals surface area contributed by atoms with Crippen molar-refractivity contribution in [1.29, 1.82) is 0 Å². The van der Waals surface area contributed by atoms with Gasteiger partial charge in [-0.3, -0.25) is 0 Å². The van der Waals surface area contributed by atoms with E-state index in [4.69, 9.17) is 11.6 Å². The number of hydrogen-bond acceptors (Lipinski definition) is 1. The molecule has 0 N–H and O–H groups in total. The number of fused-ring (bicyclic) bond motifs is 8. The Labute approximate surface area is 279 Å². The molecule has 47 heavy (non-hydrogen) atoms. The fourth-order valence-corrected chi connectivity index (χ4v) is 8.20. The van der Waals surface area contributed by atoms with Crippen molar-refractivity contribution in [2.24, 2.45) is 0 Å². The third kappa shape index (κ3) is 3.33. The summed E-state index contributed by atoms with van der Waals surface area (Å²) in [4.78, 5) is 0. The lowest BCUT2D eigenvalue weighted by Crippen LogP contribution is -1.99. The van der Waals surface area contributed by atoms with E-state index in [0.717, 1.165) is 93.7 Å². The van der Waals surface area contributed by atoms with Crippen LogP contribution in [-0.4, -0.2) is 0 Å². The molecule has 1 nitrogen and oxygen atoms in total. The van der Waals surface area contributed by atoms with E-state index in [1.807, 2.05) is 30.3 Å². The second kappa shape index (κ2) is 9.19. The molecular weight excluding hydrogens is 569 g/mol. The first-order valence-electron chi connectivity index (χ1n) is 18.4. The zero-order chi connectivity index (χ0) is 35.0. The Morgan fingerprint density at radius 3 is 1.79 bits per heavy atom.